The van der Waals surface area contributed by atoms with E-state index in [9.17, 15) is 4.79 Å². The molecule has 0 bridgehead atoms. The van der Waals surface area contributed by atoms with Gasteiger partial charge in [-0.05, 0) is 38.3 Å². The first-order valence-corrected chi connectivity index (χ1v) is 6.49. The molecule has 0 amide bonds. The van der Waals surface area contributed by atoms with Crippen molar-refractivity contribution in [3.05, 3.63) is 0 Å². The quantitative estimate of drug-likeness (QED) is 0.667. The summed E-state index contributed by atoms with van der Waals surface area (Å²) < 4.78 is 5.21. The van der Waals surface area contributed by atoms with Gasteiger partial charge in [0, 0.05) is 26.5 Å². The van der Waals surface area contributed by atoms with Crippen LogP contribution in [0.1, 0.15) is 39.0 Å². The van der Waals surface area contributed by atoms with E-state index in [-0.39, 0.29) is 0 Å². The molecule has 0 N–H and O–H groups in total. The van der Waals surface area contributed by atoms with Gasteiger partial charge in [-0.3, -0.25) is 4.79 Å². The van der Waals surface area contributed by atoms with Gasteiger partial charge in [-0.25, -0.2) is 0 Å². The number of likely N-dealkylation sites (tertiary alicyclic amines) is 1. The molecule has 0 aromatic heterocycles. The van der Waals surface area contributed by atoms with Crippen molar-refractivity contribution in [2.24, 2.45) is 5.92 Å². The number of ketones is 1. The lowest BCUT2D eigenvalue weighted by Gasteiger charge is -2.32. The maximum atomic E-state index is 11.2. The molecule has 3 nitrogen and oxygen atoms in total. The van der Waals surface area contributed by atoms with Crippen molar-refractivity contribution in [2.45, 2.75) is 39.0 Å². The second-order valence-electron chi connectivity index (χ2n) is 4.76. The highest BCUT2D eigenvalue weighted by Crippen LogP contribution is 2.16. The minimum Gasteiger partial charge on any atom is -0.384 e. The van der Waals surface area contributed by atoms with Crippen molar-refractivity contribution in [1.82, 2.24) is 4.90 Å². The molecule has 0 aliphatic carbocycles. The van der Waals surface area contributed by atoms with Gasteiger partial charge in [0.2, 0.25) is 0 Å². The zero-order valence-corrected chi connectivity index (χ0v) is 10.7. The molecule has 16 heavy (non-hydrogen) atoms. The van der Waals surface area contributed by atoms with Crippen LogP contribution in [0.15, 0.2) is 0 Å². The predicted octanol–water partition coefficient (Wildman–Crippen LogP) is 2.10. The Balaban J connectivity index is 2.14. The number of hydrogen-bond donors (Lipinski definition) is 0. The third-order valence-electron chi connectivity index (χ3n) is 3.33. The highest BCUT2D eigenvalue weighted by molar-refractivity contribution is 5.77. The van der Waals surface area contributed by atoms with Crippen molar-refractivity contribution in [3.8, 4) is 0 Å². The zero-order valence-electron chi connectivity index (χ0n) is 10.7. The van der Waals surface area contributed by atoms with Gasteiger partial charge >= 0.3 is 0 Å². The monoisotopic (exact) mass is 227 g/mol. The molecule has 1 aliphatic rings. The lowest BCUT2D eigenvalue weighted by atomic mass is 9.98. The largest absolute Gasteiger partial charge is 0.384 e. The van der Waals surface area contributed by atoms with Crippen molar-refractivity contribution in [1.29, 1.82) is 0 Å². The first-order valence-electron chi connectivity index (χ1n) is 6.49. The van der Waals surface area contributed by atoms with Crippen LogP contribution < -0.4 is 0 Å². The molecular weight excluding hydrogens is 202 g/mol. The van der Waals surface area contributed by atoms with Crippen LogP contribution in [0.4, 0.5) is 0 Å². The summed E-state index contributed by atoms with van der Waals surface area (Å²) in [6.07, 6.45) is 5.02. The van der Waals surface area contributed by atoms with E-state index in [0.29, 0.717) is 18.1 Å². The number of hydrogen-bond acceptors (Lipinski definition) is 3. The average Bonchev–Trinajstić information content (AvgIpc) is 2.30. The second kappa shape index (κ2) is 7.80. The molecule has 1 atom stereocenters. The van der Waals surface area contributed by atoms with E-state index in [4.69, 9.17) is 4.74 Å². The molecule has 94 valence electrons. The molecule has 1 heterocycles. The third kappa shape index (κ3) is 5.08. The summed E-state index contributed by atoms with van der Waals surface area (Å²) in [7, 11) is 1.78. The molecule has 0 spiro atoms. The lowest BCUT2D eigenvalue weighted by molar-refractivity contribution is -0.118. The number of piperidine rings is 1. The molecule has 1 rings (SSSR count). The van der Waals surface area contributed by atoms with Crippen LogP contribution in [0.2, 0.25) is 0 Å². The van der Waals surface area contributed by atoms with Crippen molar-refractivity contribution in [2.75, 3.05) is 33.4 Å². The van der Waals surface area contributed by atoms with Gasteiger partial charge < -0.3 is 9.64 Å². The second-order valence-corrected chi connectivity index (χ2v) is 4.76. The van der Waals surface area contributed by atoms with Crippen LogP contribution in [0.5, 0.6) is 0 Å². The van der Waals surface area contributed by atoms with Gasteiger partial charge in [-0.1, -0.05) is 6.92 Å². The van der Waals surface area contributed by atoms with E-state index >= 15 is 0 Å². The van der Waals surface area contributed by atoms with E-state index < -0.39 is 0 Å². The first-order chi connectivity index (χ1) is 7.76. The van der Waals surface area contributed by atoms with Crippen molar-refractivity contribution < 1.29 is 9.53 Å². The summed E-state index contributed by atoms with van der Waals surface area (Å²) >= 11 is 0. The van der Waals surface area contributed by atoms with Gasteiger partial charge in [0.1, 0.15) is 5.78 Å². The first kappa shape index (κ1) is 13.7. The molecule has 3 heteroatoms. The fraction of sp³-hybridized carbons (Fsp3) is 0.923. The summed E-state index contributed by atoms with van der Waals surface area (Å²) in [4.78, 5) is 13.7. The Morgan fingerprint density at radius 3 is 3.00 bits per heavy atom. The summed E-state index contributed by atoms with van der Waals surface area (Å²) in [5.74, 6) is 1.09. The van der Waals surface area contributed by atoms with Gasteiger partial charge in [0.15, 0.2) is 0 Å². The highest BCUT2D eigenvalue weighted by atomic mass is 16.5. The Hall–Kier alpha value is -0.410. The van der Waals surface area contributed by atoms with Crippen molar-refractivity contribution >= 4 is 5.78 Å². The Bertz CT molecular complexity index is 204. The molecule has 0 saturated carbocycles. The number of carbonyl (C=O) groups is 1. The maximum Gasteiger partial charge on any atom is 0.132 e. The summed E-state index contributed by atoms with van der Waals surface area (Å²) in [6, 6.07) is 0. The maximum absolute atomic E-state index is 11.2. The summed E-state index contributed by atoms with van der Waals surface area (Å²) in [5.41, 5.74) is 0. The van der Waals surface area contributed by atoms with Gasteiger partial charge in [0.05, 0.1) is 6.61 Å². The zero-order chi connectivity index (χ0) is 11.8. The van der Waals surface area contributed by atoms with Crippen LogP contribution in [0.25, 0.3) is 0 Å². The van der Waals surface area contributed by atoms with Gasteiger partial charge in [-0.2, -0.15) is 0 Å². The van der Waals surface area contributed by atoms with E-state index in [0.717, 1.165) is 32.5 Å². The summed E-state index contributed by atoms with van der Waals surface area (Å²) in [5, 5.41) is 0. The number of nitrogens with zero attached hydrogens (tertiary/aromatic N) is 1. The Labute approximate surface area is 99.1 Å². The molecule has 1 unspecified atom stereocenters. The van der Waals surface area contributed by atoms with Gasteiger partial charge in [0.25, 0.3) is 0 Å². The molecule has 1 saturated heterocycles. The third-order valence-corrected chi connectivity index (χ3v) is 3.33. The molecule has 0 radical (unpaired) electrons. The van der Waals surface area contributed by atoms with Crippen LogP contribution >= 0.6 is 0 Å². The van der Waals surface area contributed by atoms with Crippen LogP contribution in [0, 0.1) is 5.92 Å². The molecular formula is C13H25NO2. The van der Waals surface area contributed by atoms with Gasteiger partial charge in [-0.15, -0.1) is 0 Å². The highest BCUT2D eigenvalue weighted by Gasteiger charge is 2.19. The molecule has 1 aliphatic heterocycles. The standard InChI is InChI=1S/C13H25NO2/c1-3-13(15)7-5-9-14-8-4-6-12(10-14)11-16-2/h12H,3-11H2,1-2H3. The number of rotatable bonds is 7. The number of methoxy groups -OCH3 is 1. The summed E-state index contributed by atoms with van der Waals surface area (Å²) in [6.45, 7) is 6.24. The van der Waals surface area contributed by atoms with Crippen LogP contribution in [-0.2, 0) is 9.53 Å². The Morgan fingerprint density at radius 2 is 2.31 bits per heavy atom. The predicted molar refractivity (Wildman–Crippen MR) is 65.6 cm³/mol. The average molecular weight is 227 g/mol. The molecule has 0 aromatic carbocycles. The van der Waals surface area contributed by atoms with E-state index in [1.54, 1.807) is 7.11 Å². The van der Waals surface area contributed by atoms with Crippen LogP contribution in [0.3, 0.4) is 0 Å². The smallest absolute Gasteiger partial charge is 0.132 e. The van der Waals surface area contributed by atoms with E-state index in [2.05, 4.69) is 4.90 Å². The normalized spacial score (nSPS) is 22.2. The van der Waals surface area contributed by atoms with E-state index in [1.807, 2.05) is 6.92 Å². The van der Waals surface area contributed by atoms with Crippen molar-refractivity contribution in [3.63, 3.8) is 0 Å². The number of Topliss-reactive ketones (excluding diaryl/α,β-unsaturated/α-hetero) is 1. The Kier molecular flexibility index (Phi) is 6.65. The molecule has 0 aromatic rings. The Morgan fingerprint density at radius 1 is 1.50 bits per heavy atom. The SMILES string of the molecule is CCC(=O)CCCN1CCCC(COC)C1. The van der Waals surface area contributed by atoms with E-state index in [1.165, 1.54) is 19.4 Å². The fourth-order valence-corrected chi connectivity index (χ4v) is 2.40. The lowest BCUT2D eigenvalue weighted by Crippen LogP contribution is -2.37. The number of carbonyl (C=O) groups excluding carboxylic acids is 1. The van der Waals surface area contributed by atoms with Crippen LogP contribution in [-0.4, -0.2) is 44.0 Å². The minimum absolute atomic E-state index is 0.394. The topological polar surface area (TPSA) is 29.5 Å². The fourth-order valence-electron chi connectivity index (χ4n) is 2.40. The number of ether oxygens (including phenoxy) is 1. The molecule has 1 fully saturated rings. The minimum atomic E-state index is 0.394.